The first kappa shape index (κ1) is 17.0. The molecule has 2 N–H and O–H groups in total. The molecular weight excluding hydrogens is 252 g/mol. The lowest BCUT2D eigenvalue weighted by Gasteiger charge is -2.28. The minimum atomic E-state index is 0.182. The topological polar surface area (TPSA) is 58.2 Å². The van der Waals surface area contributed by atoms with E-state index in [0.29, 0.717) is 24.7 Å². The van der Waals surface area contributed by atoms with Crippen molar-refractivity contribution in [1.82, 2.24) is 10.6 Å². The molecule has 1 fully saturated rings. The molecule has 0 aromatic rings. The van der Waals surface area contributed by atoms with Crippen LogP contribution in [-0.4, -0.2) is 24.9 Å². The molecule has 0 radical (unpaired) electrons. The van der Waals surface area contributed by atoms with E-state index in [2.05, 4.69) is 10.6 Å². The summed E-state index contributed by atoms with van der Waals surface area (Å²) in [6.07, 6.45) is 7.77. The molecular formula is C16H30N2O2. The third kappa shape index (κ3) is 6.92. The highest BCUT2D eigenvalue weighted by Crippen LogP contribution is 2.27. The van der Waals surface area contributed by atoms with E-state index in [1.807, 2.05) is 13.8 Å². The zero-order valence-corrected chi connectivity index (χ0v) is 13.0. The summed E-state index contributed by atoms with van der Waals surface area (Å²) < 4.78 is 0. The molecule has 0 atom stereocenters. The zero-order valence-electron chi connectivity index (χ0n) is 13.0. The molecule has 0 aromatic heterocycles. The molecule has 0 heterocycles. The van der Waals surface area contributed by atoms with Crippen molar-refractivity contribution < 1.29 is 9.59 Å². The molecule has 0 spiro atoms. The van der Waals surface area contributed by atoms with Crippen molar-refractivity contribution in [3.05, 3.63) is 0 Å². The second kappa shape index (κ2) is 9.78. The Kier molecular flexibility index (Phi) is 8.31. The highest BCUT2D eigenvalue weighted by Gasteiger charge is 2.21. The molecule has 20 heavy (non-hydrogen) atoms. The van der Waals surface area contributed by atoms with Crippen molar-refractivity contribution in [2.45, 2.75) is 65.2 Å². The molecule has 4 nitrogen and oxygen atoms in total. The third-order valence-corrected chi connectivity index (χ3v) is 4.10. The Morgan fingerprint density at radius 3 is 1.45 bits per heavy atom. The maximum absolute atomic E-state index is 11.4. The second-order valence-electron chi connectivity index (χ2n) is 5.99. The SMILES string of the molecule is CCCC(=O)NCC1CCC(CNC(=O)CCC)CC1. The molecule has 1 rings (SSSR count). The van der Waals surface area contributed by atoms with Crippen LogP contribution in [0, 0.1) is 11.8 Å². The van der Waals surface area contributed by atoms with Crippen LogP contribution < -0.4 is 10.6 Å². The van der Waals surface area contributed by atoms with Gasteiger partial charge in [0.25, 0.3) is 0 Å². The highest BCUT2D eigenvalue weighted by molar-refractivity contribution is 5.76. The Balaban J connectivity index is 2.10. The summed E-state index contributed by atoms with van der Waals surface area (Å²) in [6.45, 7) is 5.71. The van der Waals surface area contributed by atoms with Crippen molar-refractivity contribution in [3.63, 3.8) is 0 Å². The molecule has 2 amide bonds. The van der Waals surface area contributed by atoms with E-state index in [0.717, 1.165) is 25.9 Å². The highest BCUT2D eigenvalue weighted by atomic mass is 16.2. The zero-order chi connectivity index (χ0) is 14.8. The molecule has 1 aliphatic rings. The quantitative estimate of drug-likeness (QED) is 0.719. The van der Waals surface area contributed by atoms with Crippen LogP contribution in [0.2, 0.25) is 0 Å². The van der Waals surface area contributed by atoms with Gasteiger partial charge in [-0.3, -0.25) is 9.59 Å². The Labute approximate surface area is 123 Å². The molecule has 0 aliphatic heterocycles. The standard InChI is InChI=1S/C16H30N2O2/c1-3-5-15(19)17-11-13-7-9-14(10-8-13)12-18-16(20)6-4-2/h13-14H,3-12H2,1-2H3,(H,17,19)(H,18,20). The van der Waals surface area contributed by atoms with Crippen LogP contribution in [0.4, 0.5) is 0 Å². The predicted octanol–water partition coefficient (Wildman–Crippen LogP) is 2.63. The van der Waals surface area contributed by atoms with Gasteiger partial charge in [-0.1, -0.05) is 13.8 Å². The van der Waals surface area contributed by atoms with Gasteiger partial charge in [-0.05, 0) is 50.4 Å². The van der Waals surface area contributed by atoms with Gasteiger partial charge in [0.15, 0.2) is 0 Å². The summed E-state index contributed by atoms with van der Waals surface area (Å²) in [4.78, 5) is 22.9. The summed E-state index contributed by atoms with van der Waals surface area (Å²) >= 11 is 0. The van der Waals surface area contributed by atoms with Crippen LogP contribution in [-0.2, 0) is 9.59 Å². The average Bonchev–Trinajstić information content (AvgIpc) is 2.45. The molecule has 0 saturated heterocycles. The van der Waals surface area contributed by atoms with Crippen molar-refractivity contribution in [2.24, 2.45) is 11.8 Å². The van der Waals surface area contributed by atoms with E-state index in [1.54, 1.807) is 0 Å². The third-order valence-electron chi connectivity index (χ3n) is 4.10. The number of amides is 2. The molecule has 4 heteroatoms. The van der Waals surface area contributed by atoms with Gasteiger partial charge >= 0.3 is 0 Å². The number of carbonyl (C=O) groups excluding carboxylic acids is 2. The van der Waals surface area contributed by atoms with Crippen molar-refractivity contribution in [1.29, 1.82) is 0 Å². The second-order valence-corrected chi connectivity index (χ2v) is 5.99. The van der Waals surface area contributed by atoms with Gasteiger partial charge in [0, 0.05) is 25.9 Å². The fourth-order valence-electron chi connectivity index (χ4n) is 2.79. The van der Waals surface area contributed by atoms with Crippen LogP contribution in [0.5, 0.6) is 0 Å². The van der Waals surface area contributed by atoms with E-state index in [4.69, 9.17) is 0 Å². The first-order valence-corrected chi connectivity index (χ1v) is 8.19. The van der Waals surface area contributed by atoms with E-state index in [-0.39, 0.29) is 11.8 Å². The summed E-state index contributed by atoms with van der Waals surface area (Å²) in [6, 6.07) is 0. The van der Waals surface area contributed by atoms with E-state index in [1.165, 1.54) is 25.7 Å². The van der Waals surface area contributed by atoms with Gasteiger partial charge in [0.2, 0.25) is 11.8 Å². The number of carbonyl (C=O) groups is 2. The Bertz CT molecular complexity index is 267. The smallest absolute Gasteiger partial charge is 0.219 e. The molecule has 1 aliphatic carbocycles. The number of hydrogen-bond donors (Lipinski definition) is 2. The Morgan fingerprint density at radius 2 is 1.15 bits per heavy atom. The maximum atomic E-state index is 11.4. The van der Waals surface area contributed by atoms with Gasteiger partial charge in [-0.2, -0.15) is 0 Å². The fourth-order valence-corrected chi connectivity index (χ4v) is 2.79. The van der Waals surface area contributed by atoms with E-state index >= 15 is 0 Å². The molecule has 1 saturated carbocycles. The minimum absolute atomic E-state index is 0.182. The van der Waals surface area contributed by atoms with Gasteiger partial charge in [-0.15, -0.1) is 0 Å². The van der Waals surface area contributed by atoms with Crippen molar-refractivity contribution >= 4 is 11.8 Å². The first-order chi connectivity index (χ1) is 9.65. The van der Waals surface area contributed by atoms with Crippen LogP contribution >= 0.6 is 0 Å². The van der Waals surface area contributed by atoms with Crippen molar-refractivity contribution in [3.8, 4) is 0 Å². The molecule has 116 valence electrons. The van der Waals surface area contributed by atoms with E-state index < -0.39 is 0 Å². The average molecular weight is 282 g/mol. The monoisotopic (exact) mass is 282 g/mol. The maximum Gasteiger partial charge on any atom is 0.219 e. The minimum Gasteiger partial charge on any atom is -0.356 e. The lowest BCUT2D eigenvalue weighted by atomic mass is 9.82. The summed E-state index contributed by atoms with van der Waals surface area (Å²) in [5, 5.41) is 6.05. The summed E-state index contributed by atoms with van der Waals surface area (Å²) in [7, 11) is 0. The first-order valence-electron chi connectivity index (χ1n) is 8.19. The van der Waals surface area contributed by atoms with Gasteiger partial charge in [-0.25, -0.2) is 0 Å². The fraction of sp³-hybridized carbons (Fsp3) is 0.875. The number of hydrogen-bond acceptors (Lipinski definition) is 2. The molecule has 0 aromatic carbocycles. The lowest BCUT2D eigenvalue weighted by molar-refractivity contribution is -0.122. The van der Waals surface area contributed by atoms with Gasteiger partial charge in [0.1, 0.15) is 0 Å². The van der Waals surface area contributed by atoms with Gasteiger partial charge < -0.3 is 10.6 Å². The summed E-state index contributed by atoms with van der Waals surface area (Å²) in [5.74, 6) is 1.61. The number of nitrogens with one attached hydrogen (secondary N) is 2. The van der Waals surface area contributed by atoms with E-state index in [9.17, 15) is 9.59 Å². The summed E-state index contributed by atoms with van der Waals surface area (Å²) in [5.41, 5.74) is 0. The largest absolute Gasteiger partial charge is 0.356 e. The predicted molar refractivity (Wildman–Crippen MR) is 81.3 cm³/mol. The normalized spacial score (nSPS) is 22.3. The molecule has 0 unspecified atom stereocenters. The van der Waals surface area contributed by atoms with Crippen LogP contribution in [0.3, 0.4) is 0 Å². The lowest BCUT2D eigenvalue weighted by Crippen LogP contribution is -2.34. The van der Waals surface area contributed by atoms with Crippen LogP contribution in [0.25, 0.3) is 0 Å². The van der Waals surface area contributed by atoms with Crippen LogP contribution in [0.15, 0.2) is 0 Å². The van der Waals surface area contributed by atoms with Gasteiger partial charge in [0.05, 0.1) is 0 Å². The molecule has 0 bridgehead atoms. The number of rotatable bonds is 8. The Hall–Kier alpha value is -1.06. The van der Waals surface area contributed by atoms with Crippen molar-refractivity contribution in [2.75, 3.05) is 13.1 Å². The Morgan fingerprint density at radius 1 is 0.800 bits per heavy atom. The van der Waals surface area contributed by atoms with Crippen LogP contribution in [0.1, 0.15) is 65.2 Å².